The highest BCUT2D eigenvalue weighted by atomic mass is 15.2. The molecule has 2 N–H and O–H groups in total. The van der Waals surface area contributed by atoms with Crippen molar-refractivity contribution < 1.29 is 0 Å². The first-order valence-corrected chi connectivity index (χ1v) is 6.02. The SMILES string of the molecule is CC(C)CN(C(C)C)C(CN)C1CC1. The van der Waals surface area contributed by atoms with Crippen LogP contribution in [0.3, 0.4) is 0 Å². The predicted octanol–water partition coefficient (Wildman–Crippen LogP) is 2.09. The zero-order valence-electron chi connectivity index (χ0n) is 10.2. The van der Waals surface area contributed by atoms with Gasteiger partial charge in [-0.15, -0.1) is 0 Å². The minimum absolute atomic E-state index is 0.631. The second-order valence-corrected chi connectivity index (χ2v) is 5.32. The van der Waals surface area contributed by atoms with E-state index in [4.69, 9.17) is 5.73 Å². The molecule has 0 bridgehead atoms. The first kappa shape index (κ1) is 12.0. The summed E-state index contributed by atoms with van der Waals surface area (Å²) in [7, 11) is 0. The average Bonchev–Trinajstić information content (AvgIpc) is 2.86. The summed E-state index contributed by atoms with van der Waals surface area (Å²) < 4.78 is 0. The van der Waals surface area contributed by atoms with Gasteiger partial charge in [0.2, 0.25) is 0 Å². The maximum Gasteiger partial charge on any atom is 0.0249 e. The highest BCUT2D eigenvalue weighted by molar-refractivity contribution is 4.90. The zero-order valence-corrected chi connectivity index (χ0v) is 10.2. The molecule has 2 heteroatoms. The Kier molecular flexibility index (Phi) is 4.39. The summed E-state index contributed by atoms with van der Waals surface area (Å²) in [5.41, 5.74) is 5.89. The van der Waals surface area contributed by atoms with Crippen LogP contribution >= 0.6 is 0 Å². The molecule has 0 aromatic heterocycles. The molecule has 0 heterocycles. The van der Waals surface area contributed by atoms with E-state index in [-0.39, 0.29) is 0 Å². The quantitative estimate of drug-likeness (QED) is 0.708. The molecule has 1 aliphatic carbocycles. The van der Waals surface area contributed by atoms with Crippen molar-refractivity contribution in [1.82, 2.24) is 4.90 Å². The Balaban J connectivity index is 2.54. The van der Waals surface area contributed by atoms with Crippen LogP contribution in [-0.2, 0) is 0 Å². The summed E-state index contributed by atoms with van der Waals surface area (Å²) in [6.45, 7) is 11.2. The van der Waals surface area contributed by atoms with E-state index >= 15 is 0 Å². The molecule has 0 aromatic rings. The molecule has 1 saturated carbocycles. The van der Waals surface area contributed by atoms with Gasteiger partial charge in [-0.2, -0.15) is 0 Å². The van der Waals surface area contributed by atoms with Gasteiger partial charge in [0, 0.05) is 25.2 Å². The van der Waals surface area contributed by atoms with Crippen LogP contribution in [0.15, 0.2) is 0 Å². The Bertz CT molecular complexity index is 162. The van der Waals surface area contributed by atoms with E-state index in [0.717, 1.165) is 18.4 Å². The molecule has 1 unspecified atom stereocenters. The number of rotatable bonds is 6. The first-order valence-electron chi connectivity index (χ1n) is 6.02. The van der Waals surface area contributed by atoms with Gasteiger partial charge < -0.3 is 5.73 Å². The third-order valence-corrected chi connectivity index (χ3v) is 3.07. The van der Waals surface area contributed by atoms with Crippen LogP contribution in [0.5, 0.6) is 0 Å². The van der Waals surface area contributed by atoms with E-state index in [2.05, 4.69) is 32.6 Å². The molecule has 2 nitrogen and oxygen atoms in total. The second kappa shape index (κ2) is 5.13. The van der Waals surface area contributed by atoms with Crippen LogP contribution in [0, 0.1) is 11.8 Å². The van der Waals surface area contributed by atoms with Crippen molar-refractivity contribution in [2.75, 3.05) is 13.1 Å². The summed E-state index contributed by atoms with van der Waals surface area (Å²) in [6, 6.07) is 1.27. The lowest BCUT2D eigenvalue weighted by Crippen LogP contribution is -2.47. The van der Waals surface area contributed by atoms with E-state index in [1.165, 1.54) is 19.4 Å². The lowest BCUT2D eigenvalue weighted by molar-refractivity contribution is 0.123. The third kappa shape index (κ3) is 3.25. The lowest BCUT2D eigenvalue weighted by Gasteiger charge is -2.35. The summed E-state index contributed by atoms with van der Waals surface area (Å²) in [5, 5.41) is 0. The van der Waals surface area contributed by atoms with Crippen molar-refractivity contribution in [2.24, 2.45) is 17.6 Å². The summed E-state index contributed by atoms with van der Waals surface area (Å²) in [5.74, 6) is 1.63. The van der Waals surface area contributed by atoms with Crippen LogP contribution in [0.4, 0.5) is 0 Å². The van der Waals surface area contributed by atoms with Crippen molar-refractivity contribution in [3.63, 3.8) is 0 Å². The Morgan fingerprint density at radius 1 is 1.21 bits per heavy atom. The summed E-state index contributed by atoms with van der Waals surface area (Å²) in [6.07, 6.45) is 2.78. The third-order valence-electron chi connectivity index (χ3n) is 3.07. The largest absolute Gasteiger partial charge is 0.329 e. The van der Waals surface area contributed by atoms with Gasteiger partial charge in [-0.1, -0.05) is 13.8 Å². The van der Waals surface area contributed by atoms with E-state index in [9.17, 15) is 0 Å². The molecule has 0 aromatic carbocycles. The fourth-order valence-electron chi connectivity index (χ4n) is 2.23. The molecule has 0 aliphatic heterocycles. The smallest absolute Gasteiger partial charge is 0.0249 e. The maximum atomic E-state index is 5.89. The maximum absolute atomic E-state index is 5.89. The van der Waals surface area contributed by atoms with Crippen LogP contribution < -0.4 is 5.73 Å². The minimum atomic E-state index is 0.631. The van der Waals surface area contributed by atoms with Gasteiger partial charge in [0.1, 0.15) is 0 Å². The van der Waals surface area contributed by atoms with Crippen LogP contribution in [0.1, 0.15) is 40.5 Å². The Morgan fingerprint density at radius 2 is 1.79 bits per heavy atom. The summed E-state index contributed by atoms with van der Waals surface area (Å²) >= 11 is 0. The van der Waals surface area contributed by atoms with Crippen molar-refractivity contribution in [2.45, 2.75) is 52.6 Å². The Labute approximate surface area is 88.8 Å². The van der Waals surface area contributed by atoms with Gasteiger partial charge in [-0.05, 0) is 38.5 Å². The van der Waals surface area contributed by atoms with E-state index in [0.29, 0.717) is 12.1 Å². The molecule has 1 rings (SSSR count). The van der Waals surface area contributed by atoms with Crippen molar-refractivity contribution in [3.8, 4) is 0 Å². The van der Waals surface area contributed by atoms with Crippen LogP contribution in [0.2, 0.25) is 0 Å². The monoisotopic (exact) mass is 198 g/mol. The van der Waals surface area contributed by atoms with Crippen LogP contribution in [0.25, 0.3) is 0 Å². The molecule has 0 radical (unpaired) electrons. The number of nitrogens with two attached hydrogens (primary N) is 1. The van der Waals surface area contributed by atoms with Gasteiger partial charge in [0.15, 0.2) is 0 Å². The molecule has 14 heavy (non-hydrogen) atoms. The van der Waals surface area contributed by atoms with Gasteiger partial charge >= 0.3 is 0 Å². The van der Waals surface area contributed by atoms with Crippen LogP contribution in [-0.4, -0.2) is 30.1 Å². The lowest BCUT2D eigenvalue weighted by atomic mass is 10.1. The number of hydrogen-bond donors (Lipinski definition) is 1. The number of hydrogen-bond acceptors (Lipinski definition) is 2. The predicted molar refractivity (Wildman–Crippen MR) is 62.2 cm³/mol. The fraction of sp³-hybridized carbons (Fsp3) is 1.00. The number of nitrogens with zero attached hydrogens (tertiary/aromatic N) is 1. The van der Waals surface area contributed by atoms with E-state index in [1.54, 1.807) is 0 Å². The average molecular weight is 198 g/mol. The molecule has 1 fully saturated rings. The Hall–Kier alpha value is -0.0800. The normalized spacial score (nSPS) is 19.7. The van der Waals surface area contributed by atoms with Crippen molar-refractivity contribution in [1.29, 1.82) is 0 Å². The fourth-order valence-corrected chi connectivity index (χ4v) is 2.23. The highest BCUT2D eigenvalue weighted by Gasteiger charge is 2.35. The molecule has 1 atom stereocenters. The summed E-state index contributed by atoms with van der Waals surface area (Å²) in [4.78, 5) is 2.60. The molecule has 0 spiro atoms. The molecule has 0 saturated heterocycles. The Morgan fingerprint density at radius 3 is 2.07 bits per heavy atom. The highest BCUT2D eigenvalue weighted by Crippen LogP contribution is 2.35. The van der Waals surface area contributed by atoms with E-state index in [1.807, 2.05) is 0 Å². The molecule has 1 aliphatic rings. The topological polar surface area (TPSA) is 29.3 Å². The van der Waals surface area contributed by atoms with Gasteiger partial charge in [0.05, 0.1) is 0 Å². The van der Waals surface area contributed by atoms with Gasteiger partial charge in [0.25, 0.3) is 0 Å². The van der Waals surface area contributed by atoms with Gasteiger partial charge in [-0.25, -0.2) is 0 Å². The first-order chi connectivity index (χ1) is 6.56. The second-order valence-electron chi connectivity index (χ2n) is 5.32. The van der Waals surface area contributed by atoms with Gasteiger partial charge in [-0.3, -0.25) is 4.90 Å². The minimum Gasteiger partial charge on any atom is -0.329 e. The molecular formula is C12H26N2. The van der Waals surface area contributed by atoms with Crippen molar-refractivity contribution in [3.05, 3.63) is 0 Å². The molecular weight excluding hydrogens is 172 g/mol. The van der Waals surface area contributed by atoms with E-state index < -0.39 is 0 Å². The standard InChI is InChI=1S/C12H26N2/c1-9(2)8-14(10(3)4)12(7-13)11-5-6-11/h9-12H,5-8,13H2,1-4H3. The molecule has 84 valence electrons. The van der Waals surface area contributed by atoms with Crippen molar-refractivity contribution >= 4 is 0 Å². The zero-order chi connectivity index (χ0) is 10.7. The molecule has 0 amide bonds.